The normalized spacial score (nSPS) is 12.4. The monoisotopic (exact) mass is 405 g/mol. The van der Waals surface area contributed by atoms with E-state index in [9.17, 15) is 9.59 Å². The molecule has 3 aromatic rings. The van der Waals surface area contributed by atoms with Crippen LogP contribution in [0.5, 0.6) is 0 Å². The van der Waals surface area contributed by atoms with Crippen molar-refractivity contribution >= 4 is 34.7 Å². The molecule has 3 heterocycles. The zero-order valence-electron chi connectivity index (χ0n) is 15.8. The summed E-state index contributed by atoms with van der Waals surface area (Å²) in [6.07, 6.45) is 0.955. The van der Waals surface area contributed by atoms with Crippen LogP contribution in [0.4, 0.5) is 11.5 Å². The Labute approximate surface area is 171 Å². The summed E-state index contributed by atoms with van der Waals surface area (Å²) in [5, 5.41) is 16.0. The number of H-pyrrole nitrogens is 1. The highest BCUT2D eigenvalue weighted by Gasteiger charge is 2.18. The molecule has 8 heteroatoms. The first-order valence-electron chi connectivity index (χ1n) is 9.15. The molecule has 0 saturated heterocycles. The van der Waals surface area contributed by atoms with Crippen molar-refractivity contribution in [1.82, 2.24) is 15.5 Å². The number of anilines is 2. The average molecular weight is 405 g/mol. The van der Waals surface area contributed by atoms with Crippen molar-refractivity contribution in [3.8, 4) is 23.1 Å². The Morgan fingerprint density at radius 3 is 2.93 bits per heavy atom. The van der Waals surface area contributed by atoms with Crippen LogP contribution in [0.3, 0.4) is 0 Å². The van der Waals surface area contributed by atoms with Gasteiger partial charge in [-0.3, -0.25) is 14.7 Å². The summed E-state index contributed by atoms with van der Waals surface area (Å²) in [5.41, 5.74) is 3.39. The van der Waals surface area contributed by atoms with Crippen molar-refractivity contribution < 1.29 is 9.59 Å². The van der Waals surface area contributed by atoms with Crippen molar-refractivity contribution in [2.24, 2.45) is 0 Å². The van der Waals surface area contributed by atoms with E-state index in [1.54, 1.807) is 19.1 Å². The number of hydrogen-bond donors (Lipinski definition) is 4. The van der Waals surface area contributed by atoms with Crippen LogP contribution in [-0.4, -0.2) is 28.6 Å². The SMILES string of the molecule is CC#CC(=O)Nc1cccc(-c2cc(NC(=O)c3cc4c(s3)CCNC4)n[nH]2)c1. The summed E-state index contributed by atoms with van der Waals surface area (Å²) in [6, 6.07) is 11.0. The van der Waals surface area contributed by atoms with E-state index in [0.29, 0.717) is 16.4 Å². The van der Waals surface area contributed by atoms with Gasteiger partial charge in [-0.2, -0.15) is 5.10 Å². The third kappa shape index (κ3) is 4.37. The molecule has 7 nitrogen and oxygen atoms in total. The van der Waals surface area contributed by atoms with Gasteiger partial charge in [0.25, 0.3) is 11.8 Å². The number of benzene rings is 1. The molecule has 1 aliphatic heterocycles. The number of nitrogens with one attached hydrogen (secondary N) is 4. The molecule has 1 aliphatic rings. The van der Waals surface area contributed by atoms with Gasteiger partial charge in [-0.1, -0.05) is 18.1 Å². The third-order valence-corrected chi connectivity index (χ3v) is 5.69. The van der Waals surface area contributed by atoms with Crippen molar-refractivity contribution in [1.29, 1.82) is 0 Å². The number of aromatic nitrogens is 2. The molecule has 0 unspecified atom stereocenters. The Morgan fingerprint density at radius 1 is 1.21 bits per heavy atom. The zero-order chi connectivity index (χ0) is 20.2. The summed E-state index contributed by atoms with van der Waals surface area (Å²) in [5.74, 6) is 4.92. The smallest absolute Gasteiger partial charge is 0.300 e. The average Bonchev–Trinajstić information content (AvgIpc) is 3.35. The molecule has 0 spiro atoms. The van der Waals surface area contributed by atoms with Crippen LogP contribution < -0.4 is 16.0 Å². The first-order valence-corrected chi connectivity index (χ1v) is 9.97. The second-order valence-corrected chi connectivity index (χ2v) is 7.65. The minimum Gasteiger partial charge on any atom is -0.315 e. The molecule has 0 radical (unpaired) electrons. The Morgan fingerprint density at radius 2 is 2.10 bits per heavy atom. The summed E-state index contributed by atoms with van der Waals surface area (Å²) < 4.78 is 0. The van der Waals surface area contributed by atoms with E-state index in [4.69, 9.17) is 0 Å². The molecule has 4 N–H and O–H groups in total. The van der Waals surface area contributed by atoms with E-state index in [-0.39, 0.29) is 11.8 Å². The second kappa shape index (κ2) is 8.31. The number of aromatic amines is 1. The number of nitrogens with zero attached hydrogens (tertiary/aromatic N) is 1. The van der Waals surface area contributed by atoms with Gasteiger partial charge in [-0.15, -0.1) is 11.3 Å². The number of rotatable bonds is 4. The Balaban J connectivity index is 1.47. The summed E-state index contributed by atoms with van der Waals surface area (Å²) >= 11 is 1.54. The molecule has 2 amide bonds. The number of hydrogen-bond acceptors (Lipinski definition) is 5. The largest absolute Gasteiger partial charge is 0.315 e. The molecule has 0 bridgehead atoms. The van der Waals surface area contributed by atoms with E-state index >= 15 is 0 Å². The number of amides is 2. The van der Waals surface area contributed by atoms with Gasteiger partial charge in [0.2, 0.25) is 0 Å². The lowest BCUT2D eigenvalue weighted by molar-refractivity contribution is -0.111. The van der Waals surface area contributed by atoms with E-state index in [2.05, 4.69) is 38.0 Å². The van der Waals surface area contributed by atoms with E-state index in [1.165, 1.54) is 21.8 Å². The lowest BCUT2D eigenvalue weighted by Gasteiger charge is -2.10. The van der Waals surface area contributed by atoms with Crippen LogP contribution in [0, 0.1) is 11.8 Å². The van der Waals surface area contributed by atoms with E-state index in [1.807, 2.05) is 24.3 Å². The van der Waals surface area contributed by atoms with Crippen LogP contribution in [0.1, 0.15) is 27.0 Å². The molecule has 4 rings (SSSR count). The fourth-order valence-corrected chi connectivity index (χ4v) is 4.19. The quantitative estimate of drug-likeness (QED) is 0.502. The molecule has 146 valence electrons. The molecular weight excluding hydrogens is 386 g/mol. The predicted octanol–water partition coefficient (Wildman–Crippen LogP) is 3.00. The van der Waals surface area contributed by atoms with Gasteiger partial charge < -0.3 is 16.0 Å². The zero-order valence-corrected chi connectivity index (χ0v) is 16.6. The third-order valence-electron chi connectivity index (χ3n) is 4.45. The van der Waals surface area contributed by atoms with Crippen LogP contribution in [0.25, 0.3) is 11.3 Å². The Kier molecular flexibility index (Phi) is 5.42. The molecule has 0 atom stereocenters. The van der Waals surface area contributed by atoms with E-state index < -0.39 is 0 Å². The predicted molar refractivity (Wildman–Crippen MR) is 114 cm³/mol. The fourth-order valence-electron chi connectivity index (χ4n) is 3.12. The summed E-state index contributed by atoms with van der Waals surface area (Å²) in [6.45, 7) is 3.36. The van der Waals surface area contributed by atoms with Gasteiger partial charge in [-0.05, 0) is 43.0 Å². The minimum atomic E-state index is -0.365. The van der Waals surface area contributed by atoms with Gasteiger partial charge in [0.1, 0.15) is 0 Å². The molecule has 29 heavy (non-hydrogen) atoms. The fraction of sp³-hybridized carbons (Fsp3) is 0.190. The van der Waals surface area contributed by atoms with Crippen molar-refractivity contribution in [3.05, 3.63) is 51.7 Å². The Bertz CT molecular complexity index is 1110. The number of fused-ring (bicyclic) bond motifs is 1. The number of carbonyl (C=O) groups is 2. The number of thiophene rings is 1. The highest BCUT2D eigenvalue weighted by molar-refractivity contribution is 7.14. The molecule has 0 saturated carbocycles. The van der Waals surface area contributed by atoms with Crippen LogP contribution in [-0.2, 0) is 17.8 Å². The molecule has 2 aromatic heterocycles. The number of carbonyl (C=O) groups excluding carboxylic acids is 2. The molecule has 1 aromatic carbocycles. The maximum absolute atomic E-state index is 12.6. The van der Waals surface area contributed by atoms with Crippen molar-refractivity contribution in [2.75, 3.05) is 17.2 Å². The van der Waals surface area contributed by atoms with E-state index in [0.717, 1.165) is 30.8 Å². The lowest BCUT2D eigenvalue weighted by atomic mass is 10.1. The van der Waals surface area contributed by atoms with Crippen LogP contribution in [0.2, 0.25) is 0 Å². The first kappa shape index (κ1) is 18.9. The topological polar surface area (TPSA) is 98.9 Å². The van der Waals surface area contributed by atoms with Crippen LogP contribution >= 0.6 is 11.3 Å². The Hall–Kier alpha value is -3.41. The van der Waals surface area contributed by atoms with Crippen molar-refractivity contribution in [2.45, 2.75) is 19.9 Å². The second-order valence-electron chi connectivity index (χ2n) is 6.52. The molecule has 0 aliphatic carbocycles. The lowest BCUT2D eigenvalue weighted by Crippen LogP contribution is -2.21. The summed E-state index contributed by atoms with van der Waals surface area (Å²) in [7, 11) is 0. The first-order chi connectivity index (χ1) is 14.1. The van der Waals surface area contributed by atoms with Gasteiger partial charge in [0.05, 0.1) is 10.6 Å². The van der Waals surface area contributed by atoms with Crippen LogP contribution in [0.15, 0.2) is 36.4 Å². The highest BCUT2D eigenvalue weighted by Crippen LogP contribution is 2.27. The van der Waals surface area contributed by atoms with Gasteiger partial charge in [0.15, 0.2) is 5.82 Å². The minimum absolute atomic E-state index is 0.165. The molecule has 0 fully saturated rings. The van der Waals surface area contributed by atoms with Crippen molar-refractivity contribution in [3.63, 3.8) is 0 Å². The van der Waals surface area contributed by atoms with Gasteiger partial charge in [-0.25, -0.2) is 0 Å². The van der Waals surface area contributed by atoms with Gasteiger partial charge in [0, 0.05) is 35.3 Å². The standard InChI is InChI=1S/C21H19N5O2S/c1-2-4-20(27)23-15-6-3-5-13(9-15)16-11-19(26-25-16)24-21(28)18-10-14-12-22-8-7-17(14)29-18/h3,5-6,9-11,22H,7-8,12H2,1H3,(H,23,27)(H2,24,25,26,28). The maximum Gasteiger partial charge on any atom is 0.300 e. The summed E-state index contributed by atoms with van der Waals surface area (Å²) in [4.78, 5) is 26.2. The maximum atomic E-state index is 12.6. The van der Waals surface area contributed by atoms with Gasteiger partial charge >= 0.3 is 0 Å². The highest BCUT2D eigenvalue weighted by atomic mass is 32.1. The molecular formula is C21H19N5O2S.